The fourth-order valence-electron chi connectivity index (χ4n) is 2.93. The van der Waals surface area contributed by atoms with Crippen molar-refractivity contribution in [2.45, 2.75) is 25.4 Å². The first kappa shape index (κ1) is 15.2. The first-order valence-electron chi connectivity index (χ1n) is 7.69. The highest BCUT2D eigenvalue weighted by atomic mass is 32.2. The molecule has 2 aliphatic rings. The number of nitrogens with zero attached hydrogens (tertiary/aromatic N) is 3. The lowest BCUT2D eigenvalue weighted by Gasteiger charge is -2.18. The normalized spacial score (nSPS) is 23.3. The first-order chi connectivity index (χ1) is 11.6. The van der Waals surface area contributed by atoms with Crippen LogP contribution in [-0.2, 0) is 11.3 Å². The van der Waals surface area contributed by atoms with E-state index in [0.29, 0.717) is 18.0 Å². The van der Waals surface area contributed by atoms with Crippen LogP contribution in [0.4, 0.5) is 4.79 Å². The summed E-state index contributed by atoms with van der Waals surface area (Å²) >= 11 is 1.67. The summed E-state index contributed by atoms with van der Waals surface area (Å²) in [7, 11) is 0. The van der Waals surface area contributed by atoms with E-state index in [1.165, 1.54) is 0 Å². The molecule has 1 N–H and O–H groups in total. The van der Waals surface area contributed by atoms with Gasteiger partial charge in [0.25, 0.3) is 5.91 Å². The quantitative estimate of drug-likeness (QED) is 0.857. The molecule has 2 aliphatic heterocycles. The predicted octanol–water partition coefficient (Wildman–Crippen LogP) is 1.97. The fraction of sp³-hybridized carbons (Fsp3) is 0.375. The number of nitrogens with one attached hydrogen (secondary N) is 1. The molecule has 3 heterocycles. The van der Waals surface area contributed by atoms with E-state index in [-0.39, 0.29) is 18.3 Å². The van der Waals surface area contributed by atoms with Crippen molar-refractivity contribution in [3.63, 3.8) is 0 Å². The van der Waals surface area contributed by atoms with Crippen LogP contribution >= 0.6 is 11.8 Å². The van der Waals surface area contributed by atoms with E-state index in [4.69, 9.17) is 4.52 Å². The highest BCUT2D eigenvalue weighted by molar-refractivity contribution is 7.99. The number of hydrogen-bond acceptors (Lipinski definition) is 6. The molecular weight excluding hydrogens is 328 g/mol. The lowest BCUT2D eigenvalue weighted by atomic mass is 9.99. The molecule has 1 spiro atoms. The number of benzene rings is 1. The minimum absolute atomic E-state index is 0.00402. The summed E-state index contributed by atoms with van der Waals surface area (Å²) in [6.07, 6.45) is 0.664. The molecule has 0 radical (unpaired) electrons. The number of thioether (sulfide) groups is 1. The topological polar surface area (TPSA) is 88.3 Å². The second kappa shape index (κ2) is 5.62. The van der Waals surface area contributed by atoms with Gasteiger partial charge in [-0.05, 0) is 19.1 Å². The van der Waals surface area contributed by atoms with Gasteiger partial charge in [-0.15, -0.1) is 0 Å². The molecule has 0 saturated carbocycles. The molecule has 3 amide bonds. The summed E-state index contributed by atoms with van der Waals surface area (Å²) in [5.41, 5.74) is 1.22. The zero-order chi connectivity index (χ0) is 16.7. The Bertz CT molecular complexity index is 796. The largest absolute Gasteiger partial charge is 0.337 e. The molecule has 124 valence electrons. The Morgan fingerprint density at radius 2 is 2.12 bits per heavy atom. The lowest BCUT2D eigenvalue weighted by Crippen LogP contribution is -2.46. The van der Waals surface area contributed by atoms with E-state index in [1.54, 1.807) is 11.8 Å². The van der Waals surface area contributed by atoms with Gasteiger partial charge in [0.2, 0.25) is 11.7 Å². The predicted molar refractivity (Wildman–Crippen MR) is 88.2 cm³/mol. The molecule has 1 aromatic heterocycles. The zero-order valence-corrected chi connectivity index (χ0v) is 13.9. The highest BCUT2D eigenvalue weighted by Gasteiger charge is 2.53. The highest BCUT2D eigenvalue weighted by Crippen LogP contribution is 2.34. The lowest BCUT2D eigenvalue weighted by molar-refractivity contribution is -0.131. The maximum Gasteiger partial charge on any atom is 0.325 e. The SMILES string of the molecule is Cc1ccc(-c2noc(CN3C(=O)N[C@@]4(CCSC4)C3=O)n2)cc1. The third-order valence-corrected chi connectivity index (χ3v) is 5.53. The molecule has 0 unspecified atom stereocenters. The third kappa shape index (κ3) is 2.47. The fourth-order valence-corrected chi connectivity index (χ4v) is 4.25. The van der Waals surface area contributed by atoms with Gasteiger partial charge >= 0.3 is 6.03 Å². The Morgan fingerprint density at radius 3 is 2.83 bits per heavy atom. The average molecular weight is 344 g/mol. The molecule has 2 fully saturated rings. The minimum Gasteiger partial charge on any atom is -0.337 e. The molecule has 1 atom stereocenters. The molecule has 7 nitrogen and oxygen atoms in total. The maximum absolute atomic E-state index is 12.6. The first-order valence-corrected chi connectivity index (χ1v) is 8.84. The molecule has 2 aromatic rings. The standard InChI is InChI=1S/C16H16N4O3S/c1-10-2-4-11(5-3-10)13-17-12(23-19-13)8-20-14(21)16(18-15(20)22)6-7-24-9-16/h2-5H,6-9H2,1H3,(H,18,22)/t16-/m1/s1. The van der Waals surface area contributed by atoms with Crippen LogP contribution in [0.25, 0.3) is 11.4 Å². The summed E-state index contributed by atoms with van der Waals surface area (Å²) < 4.78 is 5.22. The molecular formula is C16H16N4O3S. The van der Waals surface area contributed by atoms with Crippen molar-refractivity contribution in [2.75, 3.05) is 11.5 Å². The van der Waals surface area contributed by atoms with Gasteiger partial charge in [-0.2, -0.15) is 16.7 Å². The summed E-state index contributed by atoms with van der Waals surface area (Å²) in [6, 6.07) is 7.34. The monoisotopic (exact) mass is 344 g/mol. The molecule has 24 heavy (non-hydrogen) atoms. The van der Waals surface area contributed by atoms with Gasteiger partial charge in [-0.1, -0.05) is 35.0 Å². The van der Waals surface area contributed by atoms with Gasteiger partial charge in [-0.3, -0.25) is 9.69 Å². The number of urea groups is 1. The summed E-state index contributed by atoms with van der Waals surface area (Å²) in [5.74, 6) is 1.98. The van der Waals surface area contributed by atoms with Crippen LogP contribution in [0.1, 0.15) is 17.9 Å². The van der Waals surface area contributed by atoms with Crippen molar-refractivity contribution >= 4 is 23.7 Å². The van der Waals surface area contributed by atoms with Gasteiger partial charge in [0.1, 0.15) is 12.1 Å². The van der Waals surface area contributed by atoms with E-state index in [0.717, 1.165) is 21.8 Å². The van der Waals surface area contributed by atoms with E-state index >= 15 is 0 Å². The molecule has 8 heteroatoms. The number of imide groups is 1. The Kier molecular flexibility index (Phi) is 3.56. The van der Waals surface area contributed by atoms with Crippen LogP contribution in [0.5, 0.6) is 0 Å². The summed E-state index contributed by atoms with van der Waals surface area (Å²) in [5, 5.41) is 6.76. The van der Waals surface area contributed by atoms with Crippen molar-refractivity contribution in [1.29, 1.82) is 0 Å². The molecule has 2 saturated heterocycles. The van der Waals surface area contributed by atoms with Crippen LogP contribution in [0.3, 0.4) is 0 Å². The van der Waals surface area contributed by atoms with Crippen molar-refractivity contribution < 1.29 is 14.1 Å². The number of carbonyl (C=O) groups is 2. The number of rotatable bonds is 3. The van der Waals surface area contributed by atoms with E-state index in [2.05, 4.69) is 15.5 Å². The Hall–Kier alpha value is -2.35. The van der Waals surface area contributed by atoms with E-state index in [9.17, 15) is 9.59 Å². The number of amides is 3. The number of carbonyl (C=O) groups excluding carboxylic acids is 2. The van der Waals surface area contributed by atoms with E-state index in [1.807, 2.05) is 31.2 Å². The van der Waals surface area contributed by atoms with Crippen LogP contribution in [0.2, 0.25) is 0 Å². The van der Waals surface area contributed by atoms with Gasteiger partial charge in [-0.25, -0.2) is 4.79 Å². The van der Waals surface area contributed by atoms with Crippen LogP contribution < -0.4 is 5.32 Å². The molecule has 0 bridgehead atoms. The van der Waals surface area contributed by atoms with Crippen LogP contribution in [0, 0.1) is 6.92 Å². The van der Waals surface area contributed by atoms with Crippen molar-refractivity contribution in [2.24, 2.45) is 0 Å². The molecule has 1 aromatic carbocycles. The Balaban J connectivity index is 1.53. The van der Waals surface area contributed by atoms with Gasteiger partial charge < -0.3 is 9.84 Å². The number of aromatic nitrogens is 2. The van der Waals surface area contributed by atoms with Crippen LogP contribution in [0.15, 0.2) is 28.8 Å². The van der Waals surface area contributed by atoms with Crippen molar-refractivity contribution in [3.8, 4) is 11.4 Å². The summed E-state index contributed by atoms with van der Waals surface area (Å²) in [4.78, 5) is 30.2. The zero-order valence-electron chi connectivity index (χ0n) is 13.1. The minimum atomic E-state index is -0.748. The number of hydrogen-bond donors (Lipinski definition) is 1. The van der Waals surface area contributed by atoms with Crippen molar-refractivity contribution in [1.82, 2.24) is 20.4 Å². The molecule has 4 rings (SSSR count). The third-order valence-electron chi connectivity index (χ3n) is 4.34. The molecule has 0 aliphatic carbocycles. The second-order valence-corrected chi connectivity index (χ2v) is 7.19. The summed E-state index contributed by atoms with van der Waals surface area (Å²) in [6.45, 7) is 2.00. The van der Waals surface area contributed by atoms with Gasteiger partial charge in [0, 0.05) is 11.3 Å². The number of aryl methyl sites for hydroxylation is 1. The van der Waals surface area contributed by atoms with Gasteiger partial charge in [0.05, 0.1) is 0 Å². The Labute approximate surface area is 142 Å². The van der Waals surface area contributed by atoms with Crippen molar-refractivity contribution in [3.05, 3.63) is 35.7 Å². The maximum atomic E-state index is 12.6. The smallest absolute Gasteiger partial charge is 0.325 e. The average Bonchev–Trinajstić information content (AvgIpc) is 3.27. The van der Waals surface area contributed by atoms with Crippen LogP contribution in [-0.4, -0.2) is 44.0 Å². The second-order valence-electron chi connectivity index (χ2n) is 6.08. The Morgan fingerprint density at radius 1 is 1.33 bits per heavy atom. The van der Waals surface area contributed by atoms with Gasteiger partial charge in [0.15, 0.2) is 0 Å². The van der Waals surface area contributed by atoms with E-state index < -0.39 is 11.6 Å².